The van der Waals surface area contributed by atoms with E-state index in [4.69, 9.17) is 4.74 Å². The van der Waals surface area contributed by atoms with Crippen LogP contribution in [0.4, 0.5) is 4.79 Å². The minimum absolute atomic E-state index is 0.176. The van der Waals surface area contributed by atoms with Gasteiger partial charge >= 0.3 is 12.1 Å². The topological polar surface area (TPSA) is 75.6 Å². The highest BCUT2D eigenvalue weighted by atomic mass is 16.6. The summed E-state index contributed by atoms with van der Waals surface area (Å²) in [5, 5.41) is 12.2. The molecule has 0 unspecified atom stereocenters. The molecule has 1 aliphatic rings. The summed E-state index contributed by atoms with van der Waals surface area (Å²) in [5.41, 5.74) is -1.33. The van der Waals surface area contributed by atoms with Gasteiger partial charge in [0.05, 0.1) is 0 Å². The van der Waals surface area contributed by atoms with Crippen LogP contribution >= 0.6 is 0 Å². The molecule has 3 atom stereocenters. The second-order valence-corrected chi connectivity index (χ2v) is 8.00. The number of carboxylic acid groups (broad SMARTS) is 1. The second kappa shape index (κ2) is 5.50. The molecule has 1 aliphatic carbocycles. The minimum Gasteiger partial charge on any atom is -0.480 e. The van der Waals surface area contributed by atoms with Crippen LogP contribution in [0, 0.1) is 16.7 Å². The number of alkyl carbamates (subject to hydrolysis) is 1. The van der Waals surface area contributed by atoms with E-state index in [1.165, 1.54) is 0 Å². The molecule has 0 bridgehead atoms. The Morgan fingerprint density at radius 1 is 1.29 bits per heavy atom. The highest BCUT2D eigenvalue weighted by Crippen LogP contribution is 2.57. The van der Waals surface area contributed by atoms with Crippen LogP contribution in [-0.4, -0.2) is 28.8 Å². The molecule has 21 heavy (non-hydrogen) atoms. The number of rotatable bonds is 3. The fourth-order valence-electron chi connectivity index (χ4n) is 3.20. The van der Waals surface area contributed by atoms with Crippen molar-refractivity contribution >= 4 is 12.1 Å². The van der Waals surface area contributed by atoms with E-state index in [0.717, 1.165) is 12.8 Å². The van der Waals surface area contributed by atoms with Gasteiger partial charge in [0.15, 0.2) is 0 Å². The molecule has 0 aromatic carbocycles. The van der Waals surface area contributed by atoms with E-state index < -0.39 is 29.1 Å². The van der Waals surface area contributed by atoms with Gasteiger partial charge in [-0.15, -0.1) is 0 Å². The maximum absolute atomic E-state index is 12.0. The van der Waals surface area contributed by atoms with Gasteiger partial charge in [0.1, 0.15) is 11.6 Å². The molecule has 0 aromatic rings. The van der Waals surface area contributed by atoms with Crippen molar-refractivity contribution in [3.8, 4) is 0 Å². The van der Waals surface area contributed by atoms with Gasteiger partial charge in [-0.25, -0.2) is 9.59 Å². The summed E-state index contributed by atoms with van der Waals surface area (Å²) in [5.74, 6) is -0.602. The van der Waals surface area contributed by atoms with E-state index in [0.29, 0.717) is 5.92 Å². The Bertz CT molecular complexity index is 424. The number of carboxylic acids is 1. The highest BCUT2D eigenvalue weighted by Gasteiger charge is 2.56. The van der Waals surface area contributed by atoms with Crippen molar-refractivity contribution in [1.82, 2.24) is 5.32 Å². The zero-order valence-electron chi connectivity index (χ0n) is 14.2. The van der Waals surface area contributed by atoms with E-state index in [2.05, 4.69) is 26.1 Å². The summed E-state index contributed by atoms with van der Waals surface area (Å²) in [6.45, 7) is 13.5. The van der Waals surface area contributed by atoms with Crippen LogP contribution in [0.3, 0.4) is 0 Å². The molecule has 0 heterocycles. The number of nitrogens with one attached hydrogen (secondary N) is 1. The number of amides is 1. The van der Waals surface area contributed by atoms with Crippen molar-refractivity contribution in [2.45, 2.75) is 73.0 Å². The third-order valence-corrected chi connectivity index (χ3v) is 5.35. The Labute approximate surface area is 127 Å². The summed E-state index contributed by atoms with van der Waals surface area (Å²) in [4.78, 5) is 23.7. The molecule has 1 fully saturated rings. The Morgan fingerprint density at radius 3 is 2.14 bits per heavy atom. The Balaban J connectivity index is 2.98. The molecule has 1 rings (SSSR count). The van der Waals surface area contributed by atoms with E-state index in [-0.39, 0.29) is 5.41 Å². The molecule has 5 heteroatoms. The quantitative estimate of drug-likeness (QED) is 0.837. The largest absolute Gasteiger partial charge is 0.480 e. The molecule has 0 radical (unpaired) electrons. The maximum atomic E-state index is 12.0. The van der Waals surface area contributed by atoms with E-state index in [1.807, 2.05) is 6.92 Å². The average Bonchev–Trinajstić information content (AvgIpc) is 2.48. The van der Waals surface area contributed by atoms with Crippen molar-refractivity contribution in [1.29, 1.82) is 0 Å². The van der Waals surface area contributed by atoms with E-state index in [1.54, 1.807) is 20.8 Å². The van der Waals surface area contributed by atoms with Gasteiger partial charge in [0, 0.05) is 5.41 Å². The van der Waals surface area contributed by atoms with Crippen LogP contribution in [0.1, 0.15) is 61.3 Å². The van der Waals surface area contributed by atoms with Gasteiger partial charge in [0.2, 0.25) is 0 Å². The number of aliphatic carboxylic acids is 1. The summed E-state index contributed by atoms with van der Waals surface area (Å²) in [6.07, 6.45) is 1.06. The molecule has 0 saturated heterocycles. The minimum atomic E-state index is -1.01. The molecule has 5 nitrogen and oxygen atoms in total. The summed E-state index contributed by atoms with van der Waals surface area (Å²) < 4.78 is 5.20. The molecule has 122 valence electrons. The van der Waals surface area contributed by atoms with E-state index >= 15 is 0 Å². The number of ether oxygens (including phenoxy) is 1. The van der Waals surface area contributed by atoms with Crippen molar-refractivity contribution in [3.63, 3.8) is 0 Å². The van der Waals surface area contributed by atoms with Gasteiger partial charge in [-0.3, -0.25) is 0 Å². The van der Waals surface area contributed by atoms with E-state index in [9.17, 15) is 14.7 Å². The Hall–Kier alpha value is -1.26. The summed E-state index contributed by atoms with van der Waals surface area (Å²) in [6, 6.07) is -0.952. The van der Waals surface area contributed by atoms with Crippen molar-refractivity contribution in [3.05, 3.63) is 0 Å². The second-order valence-electron chi connectivity index (χ2n) is 8.00. The van der Waals surface area contributed by atoms with Gasteiger partial charge in [0.25, 0.3) is 0 Å². The van der Waals surface area contributed by atoms with Crippen molar-refractivity contribution in [2.75, 3.05) is 0 Å². The normalized spacial score (nSPS) is 29.8. The maximum Gasteiger partial charge on any atom is 0.408 e. The number of hydrogen-bond donors (Lipinski definition) is 2. The molecule has 2 N–H and O–H groups in total. The molecule has 0 spiro atoms. The molecule has 1 saturated carbocycles. The highest BCUT2D eigenvalue weighted by molar-refractivity contribution is 5.81. The van der Waals surface area contributed by atoms with Crippen LogP contribution in [0.5, 0.6) is 0 Å². The van der Waals surface area contributed by atoms with Crippen LogP contribution in [-0.2, 0) is 9.53 Å². The zero-order chi connectivity index (χ0) is 16.6. The first-order valence-corrected chi connectivity index (χ1v) is 7.53. The monoisotopic (exact) mass is 299 g/mol. The lowest BCUT2D eigenvalue weighted by Crippen LogP contribution is -2.56. The fourth-order valence-corrected chi connectivity index (χ4v) is 3.20. The van der Waals surface area contributed by atoms with Crippen LogP contribution in [0.15, 0.2) is 0 Å². The lowest BCUT2D eigenvalue weighted by atomic mass is 9.62. The Morgan fingerprint density at radius 2 is 1.81 bits per heavy atom. The third-order valence-electron chi connectivity index (χ3n) is 5.35. The first-order valence-electron chi connectivity index (χ1n) is 7.53. The molecule has 1 amide bonds. The van der Waals surface area contributed by atoms with Crippen LogP contribution in [0.25, 0.3) is 0 Å². The summed E-state index contributed by atoms with van der Waals surface area (Å²) in [7, 11) is 0. The number of carbonyl (C=O) groups excluding carboxylic acids is 1. The standard InChI is InChI=1S/C16H29NO4/c1-10-8-9-16(7,15(10,5)6)11(12(18)19)17-13(20)21-14(2,3)4/h10-11H,8-9H2,1-7H3,(H,17,20)(H,18,19)/t10-,11+,16-/m1/s1. The predicted octanol–water partition coefficient (Wildman–Crippen LogP) is 3.43. The predicted molar refractivity (Wildman–Crippen MR) is 81.1 cm³/mol. The van der Waals surface area contributed by atoms with Gasteiger partial charge in [-0.1, -0.05) is 27.7 Å². The molecular weight excluding hydrogens is 270 g/mol. The van der Waals surface area contributed by atoms with Gasteiger partial charge in [-0.05, 0) is 44.9 Å². The summed E-state index contributed by atoms with van der Waals surface area (Å²) >= 11 is 0. The smallest absolute Gasteiger partial charge is 0.408 e. The van der Waals surface area contributed by atoms with Crippen LogP contribution in [0.2, 0.25) is 0 Å². The van der Waals surface area contributed by atoms with Gasteiger partial charge in [-0.2, -0.15) is 0 Å². The molecule has 0 aromatic heterocycles. The van der Waals surface area contributed by atoms with Crippen molar-refractivity contribution in [2.24, 2.45) is 16.7 Å². The SMILES string of the molecule is C[C@@H]1CC[C@](C)([C@@H](NC(=O)OC(C)(C)C)C(=O)O)C1(C)C. The fraction of sp³-hybridized carbons (Fsp3) is 0.875. The lowest BCUT2D eigenvalue weighted by Gasteiger charge is -2.44. The molecule has 0 aliphatic heterocycles. The Kier molecular flexibility index (Phi) is 4.66. The van der Waals surface area contributed by atoms with Crippen LogP contribution < -0.4 is 5.32 Å². The first-order chi connectivity index (χ1) is 9.31. The van der Waals surface area contributed by atoms with Crippen molar-refractivity contribution < 1.29 is 19.4 Å². The first kappa shape index (κ1) is 17.8. The van der Waals surface area contributed by atoms with Gasteiger partial charge < -0.3 is 15.2 Å². The number of hydrogen-bond acceptors (Lipinski definition) is 3. The lowest BCUT2D eigenvalue weighted by molar-refractivity contribution is -0.145. The average molecular weight is 299 g/mol. The third kappa shape index (κ3) is 3.50. The molecular formula is C16H29NO4. The number of carbonyl (C=O) groups is 2. The zero-order valence-corrected chi connectivity index (χ0v) is 14.2.